The number of rotatable bonds is 6. The zero-order valence-corrected chi connectivity index (χ0v) is 18.2. The van der Waals surface area contributed by atoms with Crippen LogP contribution < -0.4 is 5.32 Å². The molecule has 3 rings (SSSR count). The van der Waals surface area contributed by atoms with Gasteiger partial charge in [0.15, 0.2) is 0 Å². The van der Waals surface area contributed by atoms with Gasteiger partial charge in [0, 0.05) is 13.6 Å². The standard InChI is InChI=1S/C24H29N3O3/c1-16(2)19-10-12-20(13-11-19)24(4)22(29)27(23(30)25-24)15-21(28)26(5)14-18-8-6-17(3)7-9-18/h6-13,16H,14-15H2,1-5H3,(H,25,30). The minimum Gasteiger partial charge on any atom is -0.340 e. The Morgan fingerprint density at radius 2 is 1.67 bits per heavy atom. The number of carbonyl (C=O) groups is 3. The predicted molar refractivity (Wildman–Crippen MR) is 116 cm³/mol. The van der Waals surface area contributed by atoms with Crippen LogP contribution in [0.25, 0.3) is 0 Å². The molecule has 0 bridgehead atoms. The monoisotopic (exact) mass is 407 g/mol. The normalized spacial score (nSPS) is 18.7. The summed E-state index contributed by atoms with van der Waals surface area (Å²) < 4.78 is 0. The Hall–Kier alpha value is -3.15. The van der Waals surface area contributed by atoms with Gasteiger partial charge in [0.2, 0.25) is 5.91 Å². The molecule has 1 aliphatic heterocycles. The first-order valence-corrected chi connectivity index (χ1v) is 10.2. The van der Waals surface area contributed by atoms with E-state index in [-0.39, 0.29) is 12.5 Å². The van der Waals surface area contributed by atoms with E-state index in [1.54, 1.807) is 14.0 Å². The molecule has 1 saturated heterocycles. The molecule has 4 amide bonds. The van der Waals surface area contributed by atoms with Crippen molar-refractivity contribution in [1.82, 2.24) is 15.1 Å². The molecule has 2 aromatic rings. The number of urea groups is 1. The van der Waals surface area contributed by atoms with Gasteiger partial charge in [0.05, 0.1) is 0 Å². The fourth-order valence-electron chi connectivity index (χ4n) is 3.55. The van der Waals surface area contributed by atoms with Crippen LogP contribution in [0.4, 0.5) is 4.79 Å². The highest BCUT2D eigenvalue weighted by Gasteiger charge is 2.49. The van der Waals surface area contributed by atoms with Gasteiger partial charge in [-0.15, -0.1) is 0 Å². The van der Waals surface area contributed by atoms with Gasteiger partial charge in [-0.3, -0.25) is 14.5 Å². The zero-order valence-electron chi connectivity index (χ0n) is 18.2. The molecule has 6 heteroatoms. The minimum atomic E-state index is -1.18. The van der Waals surface area contributed by atoms with Crippen molar-refractivity contribution in [2.45, 2.75) is 45.7 Å². The van der Waals surface area contributed by atoms with Crippen LogP contribution >= 0.6 is 0 Å². The quantitative estimate of drug-likeness (QED) is 0.745. The molecule has 0 spiro atoms. The molecule has 0 aliphatic carbocycles. The molecule has 158 valence electrons. The average Bonchev–Trinajstić information content (AvgIpc) is 2.93. The van der Waals surface area contributed by atoms with Crippen LogP contribution in [0.5, 0.6) is 0 Å². The lowest BCUT2D eigenvalue weighted by Gasteiger charge is -2.24. The van der Waals surface area contributed by atoms with E-state index in [4.69, 9.17) is 0 Å². The maximum Gasteiger partial charge on any atom is 0.325 e. The summed E-state index contributed by atoms with van der Waals surface area (Å²) in [5.74, 6) is -0.334. The molecule has 2 aromatic carbocycles. The maximum absolute atomic E-state index is 13.1. The minimum absolute atomic E-state index is 0.285. The van der Waals surface area contributed by atoms with Crippen molar-refractivity contribution < 1.29 is 14.4 Å². The van der Waals surface area contributed by atoms with E-state index in [1.165, 1.54) is 4.90 Å². The summed E-state index contributed by atoms with van der Waals surface area (Å²) in [6.45, 7) is 8.00. The fraction of sp³-hybridized carbons (Fsp3) is 0.375. The van der Waals surface area contributed by atoms with Crippen molar-refractivity contribution in [1.29, 1.82) is 0 Å². The summed E-state index contributed by atoms with van der Waals surface area (Å²) in [6, 6.07) is 15.0. The number of aryl methyl sites for hydroxylation is 1. The molecule has 0 radical (unpaired) electrons. The van der Waals surface area contributed by atoms with E-state index in [0.29, 0.717) is 18.0 Å². The summed E-state index contributed by atoms with van der Waals surface area (Å²) >= 11 is 0. The van der Waals surface area contributed by atoms with Crippen molar-refractivity contribution in [2.75, 3.05) is 13.6 Å². The van der Waals surface area contributed by atoms with E-state index in [0.717, 1.165) is 21.6 Å². The number of benzene rings is 2. The van der Waals surface area contributed by atoms with Crippen LogP contribution in [-0.2, 0) is 21.7 Å². The third-order valence-corrected chi connectivity index (χ3v) is 5.69. The molecule has 30 heavy (non-hydrogen) atoms. The molecular weight excluding hydrogens is 378 g/mol. The third kappa shape index (κ3) is 4.22. The van der Waals surface area contributed by atoms with Gasteiger partial charge in [-0.25, -0.2) is 4.79 Å². The van der Waals surface area contributed by atoms with Gasteiger partial charge in [-0.2, -0.15) is 0 Å². The molecule has 1 N–H and O–H groups in total. The lowest BCUT2D eigenvalue weighted by atomic mass is 9.90. The summed E-state index contributed by atoms with van der Waals surface area (Å²) in [6.07, 6.45) is 0. The smallest absolute Gasteiger partial charge is 0.325 e. The van der Waals surface area contributed by atoms with Gasteiger partial charge >= 0.3 is 6.03 Å². The van der Waals surface area contributed by atoms with E-state index >= 15 is 0 Å². The van der Waals surface area contributed by atoms with Crippen LogP contribution in [0, 0.1) is 6.92 Å². The van der Waals surface area contributed by atoms with Crippen LogP contribution in [-0.4, -0.2) is 41.2 Å². The van der Waals surface area contributed by atoms with Crippen LogP contribution in [0.3, 0.4) is 0 Å². The molecule has 0 aromatic heterocycles. The van der Waals surface area contributed by atoms with Crippen molar-refractivity contribution in [2.24, 2.45) is 0 Å². The SMILES string of the molecule is Cc1ccc(CN(C)C(=O)CN2C(=O)NC(C)(c3ccc(C(C)C)cc3)C2=O)cc1. The Morgan fingerprint density at radius 3 is 2.23 bits per heavy atom. The molecule has 1 atom stereocenters. The first-order chi connectivity index (χ1) is 14.1. The van der Waals surface area contributed by atoms with Gasteiger partial charge in [0.25, 0.3) is 5.91 Å². The Labute approximate surface area is 177 Å². The topological polar surface area (TPSA) is 69.7 Å². The molecular formula is C24H29N3O3. The maximum atomic E-state index is 13.1. The van der Waals surface area contributed by atoms with Crippen molar-refractivity contribution in [3.63, 3.8) is 0 Å². The second-order valence-corrected chi connectivity index (χ2v) is 8.46. The Balaban J connectivity index is 1.70. The van der Waals surface area contributed by atoms with Crippen LogP contribution in [0.15, 0.2) is 48.5 Å². The number of carbonyl (C=O) groups excluding carboxylic acids is 3. The highest BCUT2D eigenvalue weighted by atomic mass is 16.2. The Bertz CT molecular complexity index is 951. The van der Waals surface area contributed by atoms with E-state index in [9.17, 15) is 14.4 Å². The van der Waals surface area contributed by atoms with E-state index in [1.807, 2.05) is 55.5 Å². The number of likely N-dealkylation sites (N-methyl/N-ethyl adjacent to an activating group) is 1. The number of nitrogens with one attached hydrogen (secondary N) is 1. The van der Waals surface area contributed by atoms with Crippen molar-refractivity contribution in [3.05, 3.63) is 70.8 Å². The first-order valence-electron chi connectivity index (χ1n) is 10.2. The second kappa shape index (κ2) is 8.30. The van der Waals surface area contributed by atoms with E-state index in [2.05, 4.69) is 19.2 Å². The highest BCUT2D eigenvalue weighted by molar-refractivity contribution is 6.09. The second-order valence-electron chi connectivity index (χ2n) is 8.46. The number of hydrogen-bond acceptors (Lipinski definition) is 3. The summed E-state index contributed by atoms with van der Waals surface area (Å²) in [5, 5.41) is 2.76. The molecule has 1 aliphatic rings. The largest absolute Gasteiger partial charge is 0.340 e. The Kier molecular flexibility index (Phi) is 5.97. The third-order valence-electron chi connectivity index (χ3n) is 5.69. The molecule has 1 heterocycles. The fourth-order valence-corrected chi connectivity index (χ4v) is 3.55. The summed E-state index contributed by atoms with van der Waals surface area (Å²) in [5.41, 5.74) is 2.82. The van der Waals surface area contributed by atoms with Gasteiger partial charge in [-0.05, 0) is 36.5 Å². The van der Waals surface area contributed by atoms with Crippen molar-refractivity contribution >= 4 is 17.8 Å². The zero-order chi connectivity index (χ0) is 22.1. The molecule has 6 nitrogen and oxygen atoms in total. The van der Waals surface area contributed by atoms with Crippen molar-refractivity contribution in [3.8, 4) is 0 Å². The molecule has 1 unspecified atom stereocenters. The number of nitrogens with zero attached hydrogens (tertiary/aromatic N) is 2. The van der Waals surface area contributed by atoms with Gasteiger partial charge in [0.1, 0.15) is 12.1 Å². The van der Waals surface area contributed by atoms with Crippen LogP contribution in [0.2, 0.25) is 0 Å². The summed E-state index contributed by atoms with van der Waals surface area (Å²) in [7, 11) is 1.67. The first kappa shape index (κ1) is 21.6. The number of amides is 4. The van der Waals surface area contributed by atoms with E-state index < -0.39 is 17.5 Å². The predicted octanol–water partition coefficient (Wildman–Crippen LogP) is 3.54. The molecule has 1 fully saturated rings. The lowest BCUT2D eigenvalue weighted by Crippen LogP contribution is -2.43. The lowest BCUT2D eigenvalue weighted by molar-refractivity contribution is -0.138. The van der Waals surface area contributed by atoms with Gasteiger partial charge < -0.3 is 10.2 Å². The number of hydrogen-bond donors (Lipinski definition) is 1. The molecule has 0 saturated carbocycles. The van der Waals surface area contributed by atoms with Crippen LogP contribution in [0.1, 0.15) is 48.9 Å². The number of imide groups is 1. The van der Waals surface area contributed by atoms with Gasteiger partial charge in [-0.1, -0.05) is 67.9 Å². The summed E-state index contributed by atoms with van der Waals surface area (Å²) in [4.78, 5) is 40.8. The highest BCUT2D eigenvalue weighted by Crippen LogP contribution is 2.30. The average molecular weight is 408 g/mol. The Morgan fingerprint density at radius 1 is 1.07 bits per heavy atom.